The molecule has 0 saturated carbocycles. The maximum absolute atomic E-state index is 10.4. The van der Waals surface area contributed by atoms with Crippen molar-refractivity contribution in [1.29, 1.82) is 0 Å². The van der Waals surface area contributed by atoms with E-state index in [4.69, 9.17) is 16.3 Å². The third-order valence-corrected chi connectivity index (χ3v) is 5.89. The van der Waals surface area contributed by atoms with E-state index in [1.165, 1.54) is 11.3 Å². The molecule has 8 nitrogen and oxygen atoms in total. The summed E-state index contributed by atoms with van der Waals surface area (Å²) in [5, 5.41) is 25.1. The number of benzene rings is 1. The van der Waals surface area contributed by atoms with Gasteiger partial charge in [-0.1, -0.05) is 23.7 Å². The lowest BCUT2D eigenvalue weighted by Gasteiger charge is -2.15. The van der Waals surface area contributed by atoms with Crippen LogP contribution in [0.15, 0.2) is 41.4 Å². The number of hydrogen-bond acceptors (Lipinski definition) is 6. The monoisotopic (exact) mass is 448 g/mol. The van der Waals surface area contributed by atoms with Crippen LogP contribution in [0.25, 0.3) is 0 Å². The number of guanidine groups is 1. The molecule has 0 aliphatic rings. The number of nitrogens with zero attached hydrogens (tertiary/aromatic N) is 4. The van der Waals surface area contributed by atoms with Crippen molar-refractivity contribution in [2.45, 2.75) is 26.1 Å². The zero-order valence-electron chi connectivity index (χ0n) is 17.1. The third kappa shape index (κ3) is 5.94. The molecule has 1 aromatic carbocycles. The van der Waals surface area contributed by atoms with Crippen LogP contribution in [0.3, 0.4) is 0 Å². The first-order valence-electron chi connectivity index (χ1n) is 9.39. The van der Waals surface area contributed by atoms with Crippen LogP contribution in [0.2, 0.25) is 4.34 Å². The first-order chi connectivity index (χ1) is 14.5. The van der Waals surface area contributed by atoms with Crippen LogP contribution < -0.4 is 15.4 Å². The van der Waals surface area contributed by atoms with E-state index < -0.39 is 6.10 Å². The van der Waals surface area contributed by atoms with Crippen molar-refractivity contribution in [1.82, 2.24) is 25.4 Å². The van der Waals surface area contributed by atoms with Gasteiger partial charge in [-0.05, 0) is 36.8 Å². The minimum Gasteiger partial charge on any atom is -0.497 e. The number of aryl methyl sites for hydroxylation is 1. The molecule has 30 heavy (non-hydrogen) atoms. The van der Waals surface area contributed by atoms with Crippen molar-refractivity contribution in [2.24, 2.45) is 12.0 Å². The fraction of sp³-hybridized carbons (Fsp3) is 0.350. The van der Waals surface area contributed by atoms with Gasteiger partial charge in [0.15, 0.2) is 11.8 Å². The smallest absolute Gasteiger partial charge is 0.192 e. The Balaban J connectivity index is 1.66. The molecule has 0 aliphatic carbocycles. The third-order valence-electron chi connectivity index (χ3n) is 4.56. The number of aromatic nitrogens is 3. The van der Waals surface area contributed by atoms with E-state index in [0.717, 1.165) is 27.8 Å². The summed E-state index contributed by atoms with van der Waals surface area (Å²) in [4.78, 5) is 5.43. The molecule has 1 unspecified atom stereocenters. The largest absolute Gasteiger partial charge is 0.497 e. The first kappa shape index (κ1) is 22.1. The normalized spacial score (nSPS) is 12.6. The number of rotatable bonds is 8. The van der Waals surface area contributed by atoms with Gasteiger partial charge in [0, 0.05) is 18.5 Å². The van der Waals surface area contributed by atoms with Crippen LogP contribution in [0.4, 0.5) is 0 Å². The van der Waals surface area contributed by atoms with Gasteiger partial charge in [-0.2, -0.15) is 0 Å². The summed E-state index contributed by atoms with van der Waals surface area (Å²) >= 11 is 7.33. The van der Waals surface area contributed by atoms with Crippen LogP contribution in [-0.4, -0.2) is 39.5 Å². The lowest BCUT2D eigenvalue weighted by atomic mass is 10.2. The van der Waals surface area contributed by atoms with Gasteiger partial charge in [0.25, 0.3) is 0 Å². The van der Waals surface area contributed by atoms with Crippen LogP contribution >= 0.6 is 22.9 Å². The second kappa shape index (κ2) is 10.4. The van der Waals surface area contributed by atoms with Crippen LogP contribution in [0, 0.1) is 6.92 Å². The summed E-state index contributed by atoms with van der Waals surface area (Å²) in [6.07, 6.45) is -0.687. The van der Waals surface area contributed by atoms with Crippen LogP contribution in [0.1, 0.15) is 28.2 Å². The van der Waals surface area contributed by atoms with Gasteiger partial charge in [-0.15, -0.1) is 21.5 Å². The summed E-state index contributed by atoms with van der Waals surface area (Å²) in [5.41, 5.74) is 1.04. The number of aliphatic imine (C=N–C) groups is 1. The molecule has 2 aromatic heterocycles. The second-order valence-corrected chi connectivity index (χ2v) is 8.37. The molecule has 1 atom stereocenters. The van der Waals surface area contributed by atoms with Gasteiger partial charge in [0.05, 0.1) is 24.5 Å². The van der Waals surface area contributed by atoms with Crippen LogP contribution in [0.5, 0.6) is 5.75 Å². The molecule has 10 heteroatoms. The Morgan fingerprint density at radius 2 is 2.00 bits per heavy atom. The molecule has 0 bridgehead atoms. The molecule has 3 rings (SSSR count). The average Bonchev–Trinajstić information content (AvgIpc) is 3.33. The maximum atomic E-state index is 10.4. The highest BCUT2D eigenvalue weighted by Gasteiger charge is 2.12. The molecular weight excluding hydrogens is 424 g/mol. The highest BCUT2D eigenvalue weighted by Crippen LogP contribution is 2.26. The fourth-order valence-corrected chi connectivity index (χ4v) is 3.69. The topological polar surface area (TPSA) is 96.6 Å². The number of nitrogens with one attached hydrogen (secondary N) is 2. The maximum Gasteiger partial charge on any atom is 0.192 e. The van der Waals surface area contributed by atoms with Crippen molar-refractivity contribution >= 4 is 28.9 Å². The van der Waals surface area contributed by atoms with Gasteiger partial charge in [0.1, 0.15) is 17.7 Å². The van der Waals surface area contributed by atoms with Gasteiger partial charge in [-0.3, -0.25) is 0 Å². The van der Waals surface area contributed by atoms with E-state index in [1.807, 2.05) is 48.9 Å². The number of aliphatic hydroxyl groups excluding tert-OH is 1. The standard InChI is InChI=1S/C20H25ClN6O2S/c1-13-25-26-19(27(13)2)12-24-20(22-10-14-4-6-15(29-3)7-5-14)23-11-16(28)17-8-9-18(21)30-17/h4-9,16,28H,10-12H2,1-3H3,(H2,22,23,24). The number of methoxy groups -OCH3 is 1. The summed E-state index contributed by atoms with van der Waals surface area (Å²) in [7, 11) is 3.55. The Hall–Kier alpha value is -2.62. The summed E-state index contributed by atoms with van der Waals surface area (Å²) < 4.78 is 7.75. The molecule has 3 aromatic rings. The molecule has 0 fully saturated rings. The van der Waals surface area contributed by atoms with E-state index in [9.17, 15) is 5.11 Å². The van der Waals surface area contributed by atoms with Gasteiger partial charge in [-0.25, -0.2) is 4.99 Å². The molecule has 0 spiro atoms. The van der Waals surface area contributed by atoms with Crippen molar-refractivity contribution in [3.63, 3.8) is 0 Å². The Morgan fingerprint density at radius 1 is 1.23 bits per heavy atom. The summed E-state index contributed by atoms with van der Waals surface area (Å²) in [5.74, 6) is 2.99. The highest BCUT2D eigenvalue weighted by atomic mass is 35.5. The molecule has 0 radical (unpaired) electrons. The molecule has 2 heterocycles. The number of hydrogen-bond donors (Lipinski definition) is 3. The van der Waals surface area contributed by atoms with Gasteiger partial charge in [0.2, 0.25) is 0 Å². The molecule has 3 N–H and O–H groups in total. The lowest BCUT2D eigenvalue weighted by Crippen LogP contribution is -2.39. The minimum atomic E-state index is -0.687. The number of thiophene rings is 1. The van der Waals surface area contributed by atoms with Crippen LogP contribution in [-0.2, 0) is 20.1 Å². The van der Waals surface area contributed by atoms with Crippen molar-refractivity contribution in [3.05, 3.63) is 62.8 Å². The quantitative estimate of drug-likeness (QED) is 0.362. The van der Waals surface area contributed by atoms with Crippen molar-refractivity contribution < 1.29 is 9.84 Å². The average molecular weight is 449 g/mol. The van der Waals surface area contributed by atoms with Crippen molar-refractivity contribution in [3.8, 4) is 5.75 Å². The minimum absolute atomic E-state index is 0.295. The predicted octanol–water partition coefficient (Wildman–Crippen LogP) is 2.82. The first-order valence-corrected chi connectivity index (χ1v) is 10.6. The van der Waals surface area contributed by atoms with E-state index in [0.29, 0.717) is 29.9 Å². The lowest BCUT2D eigenvalue weighted by molar-refractivity contribution is 0.184. The molecular formula is C20H25ClN6O2S. The Kier molecular flexibility index (Phi) is 7.67. The molecule has 0 amide bonds. The van der Waals surface area contributed by atoms with E-state index in [2.05, 4.69) is 25.8 Å². The molecule has 0 aliphatic heterocycles. The summed E-state index contributed by atoms with van der Waals surface area (Å²) in [6.45, 7) is 3.11. The molecule has 0 saturated heterocycles. The number of halogens is 1. The zero-order chi connectivity index (χ0) is 21.5. The Morgan fingerprint density at radius 3 is 2.60 bits per heavy atom. The second-order valence-electron chi connectivity index (χ2n) is 6.63. The number of ether oxygens (including phenoxy) is 1. The zero-order valence-corrected chi connectivity index (χ0v) is 18.7. The SMILES string of the molecule is COc1ccc(CN=C(NCc2nnc(C)n2C)NCC(O)c2ccc(Cl)s2)cc1. The van der Waals surface area contributed by atoms with Gasteiger partial charge >= 0.3 is 0 Å². The summed E-state index contributed by atoms with van der Waals surface area (Å²) in [6, 6.07) is 11.3. The Bertz CT molecular complexity index is 986. The van der Waals surface area contributed by atoms with Gasteiger partial charge < -0.3 is 25.0 Å². The number of aliphatic hydroxyl groups is 1. The van der Waals surface area contributed by atoms with E-state index in [1.54, 1.807) is 13.2 Å². The molecule has 160 valence electrons. The van der Waals surface area contributed by atoms with E-state index in [-0.39, 0.29) is 0 Å². The van der Waals surface area contributed by atoms with E-state index >= 15 is 0 Å². The fourth-order valence-electron chi connectivity index (χ4n) is 2.64. The van der Waals surface area contributed by atoms with Crippen molar-refractivity contribution in [2.75, 3.05) is 13.7 Å². The highest BCUT2D eigenvalue weighted by molar-refractivity contribution is 7.16. The Labute approximate surface area is 184 Å². The predicted molar refractivity (Wildman–Crippen MR) is 119 cm³/mol.